The summed E-state index contributed by atoms with van der Waals surface area (Å²) in [6.07, 6.45) is 8.49. The summed E-state index contributed by atoms with van der Waals surface area (Å²) < 4.78 is 11.3. The van der Waals surface area contributed by atoms with Gasteiger partial charge in [-0.25, -0.2) is 4.98 Å². The highest BCUT2D eigenvalue weighted by Gasteiger charge is 2.21. The smallest absolute Gasteiger partial charge is 0.161 e. The lowest BCUT2D eigenvalue weighted by Crippen LogP contribution is -2.35. The molecule has 1 saturated carbocycles. The van der Waals surface area contributed by atoms with Crippen molar-refractivity contribution in [2.24, 2.45) is 0 Å². The summed E-state index contributed by atoms with van der Waals surface area (Å²) in [5.74, 6) is 2.80. The molecule has 1 N–H and O–H groups in total. The van der Waals surface area contributed by atoms with Gasteiger partial charge in [-0.2, -0.15) is 0 Å². The van der Waals surface area contributed by atoms with Gasteiger partial charge in [0, 0.05) is 37.9 Å². The number of benzene rings is 1. The van der Waals surface area contributed by atoms with E-state index in [1.807, 2.05) is 18.3 Å². The molecule has 1 aromatic heterocycles. The predicted molar refractivity (Wildman–Crippen MR) is 107 cm³/mol. The Morgan fingerprint density at radius 2 is 1.85 bits per heavy atom. The van der Waals surface area contributed by atoms with Gasteiger partial charge in [0.15, 0.2) is 11.5 Å². The number of rotatable bonds is 6. The molecule has 1 aliphatic carbocycles. The Bertz CT molecular complexity index is 759. The monoisotopic (exact) mass is 367 g/mol. The first-order valence-electron chi connectivity index (χ1n) is 10.1. The zero-order valence-corrected chi connectivity index (χ0v) is 16.1. The van der Waals surface area contributed by atoms with E-state index in [2.05, 4.69) is 40.4 Å². The molecule has 5 heteroatoms. The van der Waals surface area contributed by atoms with Gasteiger partial charge in [0.2, 0.25) is 0 Å². The van der Waals surface area contributed by atoms with Crippen LogP contribution in [0.3, 0.4) is 0 Å². The molecule has 1 aromatic carbocycles. The molecule has 144 valence electrons. The third-order valence-electron chi connectivity index (χ3n) is 5.58. The van der Waals surface area contributed by atoms with Crippen molar-refractivity contribution in [1.29, 1.82) is 0 Å². The molecule has 0 atom stereocenters. The van der Waals surface area contributed by atoms with Gasteiger partial charge in [0.25, 0.3) is 0 Å². The molecule has 2 heterocycles. The first kappa shape index (κ1) is 18.1. The van der Waals surface area contributed by atoms with Crippen LogP contribution in [0.5, 0.6) is 11.5 Å². The molecule has 2 aliphatic rings. The second-order valence-electron chi connectivity index (χ2n) is 7.47. The molecule has 27 heavy (non-hydrogen) atoms. The lowest BCUT2D eigenvalue weighted by atomic mass is 9.94. The highest BCUT2D eigenvalue weighted by Crippen LogP contribution is 2.31. The average Bonchev–Trinajstić information content (AvgIpc) is 2.74. The van der Waals surface area contributed by atoms with Gasteiger partial charge in [0.1, 0.15) is 19.0 Å². The number of nitrogens with zero attached hydrogens (tertiary/aromatic N) is 2. The third kappa shape index (κ3) is 4.35. The van der Waals surface area contributed by atoms with Crippen molar-refractivity contribution in [3.05, 3.63) is 47.7 Å². The van der Waals surface area contributed by atoms with Gasteiger partial charge in [-0.1, -0.05) is 31.4 Å². The van der Waals surface area contributed by atoms with Crippen LogP contribution in [-0.2, 0) is 13.1 Å². The third-order valence-corrected chi connectivity index (χ3v) is 5.58. The SMILES string of the molecule is CN(c1ncccc1CNCc1ccc2c(c1)OCCO2)C1CCCCC1. The minimum Gasteiger partial charge on any atom is -0.486 e. The number of anilines is 1. The van der Waals surface area contributed by atoms with Crippen molar-refractivity contribution < 1.29 is 9.47 Å². The van der Waals surface area contributed by atoms with Crippen molar-refractivity contribution in [2.75, 3.05) is 25.2 Å². The molecule has 0 amide bonds. The van der Waals surface area contributed by atoms with E-state index in [1.54, 1.807) is 0 Å². The summed E-state index contributed by atoms with van der Waals surface area (Å²) >= 11 is 0. The number of fused-ring (bicyclic) bond motifs is 1. The number of ether oxygens (including phenoxy) is 2. The van der Waals surface area contributed by atoms with Crippen LogP contribution in [0.2, 0.25) is 0 Å². The first-order chi connectivity index (χ1) is 13.3. The van der Waals surface area contributed by atoms with Crippen LogP contribution < -0.4 is 19.7 Å². The highest BCUT2D eigenvalue weighted by atomic mass is 16.6. The van der Waals surface area contributed by atoms with Crippen molar-refractivity contribution >= 4 is 5.82 Å². The minimum absolute atomic E-state index is 0.616. The lowest BCUT2D eigenvalue weighted by Gasteiger charge is -2.33. The molecule has 2 aromatic rings. The quantitative estimate of drug-likeness (QED) is 0.839. The fraction of sp³-hybridized carbons (Fsp3) is 0.500. The van der Waals surface area contributed by atoms with E-state index in [9.17, 15) is 0 Å². The van der Waals surface area contributed by atoms with Crippen LogP contribution >= 0.6 is 0 Å². The lowest BCUT2D eigenvalue weighted by molar-refractivity contribution is 0.171. The van der Waals surface area contributed by atoms with Gasteiger partial charge in [0.05, 0.1) is 0 Å². The van der Waals surface area contributed by atoms with Gasteiger partial charge in [-0.15, -0.1) is 0 Å². The maximum atomic E-state index is 5.68. The fourth-order valence-electron chi connectivity index (χ4n) is 4.07. The summed E-state index contributed by atoms with van der Waals surface area (Å²) in [5, 5.41) is 3.56. The highest BCUT2D eigenvalue weighted by molar-refractivity contribution is 5.47. The van der Waals surface area contributed by atoms with E-state index in [0.29, 0.717) is 19.3 Å². The Kier molecular flexibility index (Phi) is 5.78. The Morgan fingerprint density at radius 3 is 2.70 bits per heavy atom. The van der Waals surface area contributed by atoms with Crippen LogP contribution in [0.15, 0.2) is 36.5 Å². The zero-order chi connectivity index (χ0) is 18.5. The zero-order valence-electron chi connectivity index (χ0n) is 16.1. The van der Waals surface area contributed by atoms with Gasteiger partial charge >= 0.3 is 0 Å². The molecule has 0 radical (unpaired) electrons. The maximum absolute atomic E-state index is 5.68. The van der Waals surface area contributed by atoms with Gasteiger partial charge < -0.3 is 19.7 Å². The number of nitrogens with one attached hydrogen (secondary N) is 1. The second kappa shape index (κ2) is 8.61. The van der Waals surface area contributed by atoms with E-state index < -0.39 is 0 Å². The van der Waals surface area contributed by atoms with E-state index >= 15 is 0 Å². The Balaban J connectivity index is 1.38. The van der Waals surface area contributed by atoms with E-state index in [-0.39, 0.29) is 0 Å². The number of pyridine rings is 1. The number of hydrogen-bond acceptors (Lipinski definition) is 5. The van der Waals surface area contributed by atoms with E-state index in [4.69, 9.17) is 9.47 Å². The maximum Gasteiger partial charge on any atom is 0.161 e. The van der Waals surface area contributed by atoms with Crippen LogP contribution in [0.4, 0.5) is 5.82 Å². The number of aromatic nitrogens is 1. The molecule has 5 nitrogen and oxygen atoms in total. The molecule has 0 bridgehead atoms. The molecular formula is C22H29N3O2. The molecule has 0 saturated heterocycles. The standard InChI is InChI=1S/C22H29N3O2/c1-25(19-7-3-2-4-8-19)22-18(6-5-11-24-22)16-23-15-17-9-10-20-21(14-17)27-13-12-26-20/h5-6,9-11,14,19,23H,2-4,7-8,12-13,15-16H2,1H3. The summed E-state index contributed by atoms with van der Waals surface area (Å²) in [7, 11) is 2.20. The summed E-state index contributed by atoms with van der Waals surface area (Å²) in [4.78, 5) is 7.08. The van der Waals surface area contributed by atoms with Crippen molar-refractivity contribution in [3.8, 4) is 11.5 Å². The Morgan fingerprint density at radius 1 is 1.04 bits per heavy atom. The molecule has 1 aliphatic heterocycles. The summed E-state index contributed by atoms with van der Waals surface area (Å²) in [6.45, 7) is 2.84. The van der Waals surface area contributed by atoms with Crippen molar-refractivity contribution in [3.63, 3.8) is 0 Å². The van der Waals surface area contributed by atoms with Crippen LogP contribution in [0, 0.1) is 0 Å². The van der Waals surface area contributed by atoms with Crippen LogP contribution in [-0.4, -0.2) is 31.3 Å². The Hall–Kier alpha value is -2.27. The molecule has 4 rings (SSSR count). The van der Waals surface area contributed by atoms with E-state index in [0.717, 1.165) is 30.4 Å². The predicted octanol–water partition coefficient (Wildman–Crippen LogP) is 3.91. The largest absolute Gasteiger partial charge is 0.486 e. The average molecular weight is 367 g/mol. The summed E-state index contributed by atoms with van der Waals surface area (Å²) in [6, 6.07) is 11.0. The molecular weight excluding hydrogens is 338 g/mol. The summed E-state index contributed by atoms with van der Waals surface area (Å²) in [5.41, 5.74) is 2.45. The van der Waals surface area contributed by atoms with Crippen molar-refractivity contribution in [1.82, 2.24) is 10.3 Å². The van der Waals surface area contributed by atoms with Crippen LogP contribution in [0.1, 0.15) is 43.2 Å². The topological polar surface area (TPSA) is 46.6 Å². The normalized spacial score (nSPS) is 16.9. The number of hydrogen-bond donors (Lipinski definition) is 1. The van der Waals surface area contributed by atoms with Gasteiger partial charge in [-0.3, -0.25) is 0 Å². The molecule has 0 spiro atoms. The van der Waals surface area contributed by atoms with Crippen LogP contribution in [0.25, 0.3) is 0 Å². The minimum atomic E-state index is 0.616. The molecule has 1 fully saturated rings. The fourth-order valence-corrected chi connectivity index (χ4v) is 4.07. The molecule has 0 unspecified atom stereocenters. The first-order valence-corrected chi connectivity index (χ1v) is 10.1. The second-order valence-corrected chi connectivity index (χ2v) is 7.47. The Labute approximate surface area is 161 Å². The van der Waals surface area contributed by atoms with Crippen molar-refractivity contribution in [2.45, 2.75) is 51.2 Å². The van der Waals surface area contributed by atoms with Gasteiger partial charge in [-0.05, 0) is 36.6 Å². The van der Waals surface area contributed by atoms with E-state index in [1.165, 1.54) is 43.2 Å².